The summed E-state index contributed by atoms with van der Waals surface area (Å²) in [7, 11) is 0. The molecule has 0 saturated heterocycles. The average molecular weight is 406 g/mol. The van der Waals surface area contributed by atoms with Crippen LogP contribution in [-0.2, 0) is 11.3 Å². The zero-order chi connectivity index (χ0) is 18.5. The van der Waals surface area contributed by atoms with Crippen molar-refractivity contribution in [2.75, 3.05) is 5.75 Å². The first-order chi connectivity index (χ1) is 12.5. The van der Waals surface area contributed by atoms with Crippen LogP contribution >= 0.6 is 34.4 Å². The van der Waals surface area contributed by atoms with E-state index in [9.17, 15) is 14.9 Å². The third-order valence-electron chi connectivity index (χ3n) is 3.41. The third-order valence-corrected chi connectivity index (χ3v) is 6.30. The summed E-state index contributed by atoms with van der Waals surface area (Å²) in [6.45, 7) is 2.46. The lowest BCUT2D eigenvalue weighted by Gasteiger charge is -2.04. The predicted molar refractivity (Wildman–Crippen MR) is 106 cm³/mol. The fourth-order valence-corrected chi connectivity index (χ4v) is 4.46. The number of benzene rings is 1. The first-order valence-electron chi connectivity index (χ1n) is 7.66. The van der Waals surface area contributed by atoms with Gasteiger partial charge in [0.25, 0.3) is 5.69 Å². The summed E-state index contributed by atoms with van der Waals surface area (Å²) in [4.78, 5) is 29.6. The molecular weight excluding hydrogens is 390 g/mol. The van der Waals surface area contributed by atoms with Gasteiger partial charge < -0.3 is 5.32 Å². The molecule has 0 spiro atoms. The molecule has 3 rings (SSSR count). The normalized spacial score (nSPS) is 10.7. The highest BCUT2D eigenvalue weighted by molar-refractivity contribution is 8.00. The Morgan fingerprint density at radius 3 is 2.69 bits per heavy atom. The summed E-state index contributed by atoms with van der Waals surface area (Å²) < 4.78 is 0. The minimum atomic E-state index is -0.441. The molecule has 0 fully saturated rings. The minimum absolute atomic E-state index is 0.0441. The zero-order valence-corrected chi connectivity index (χ0v) is 16.2. The monoisotopic (exact) mass is 405 g/mol. The van der Waals surface area contributed by atoms with Gasteiger partial charge in [-0.2, -0.15) is 0 Å². The van der Waals surface area contributed by atoms with E-state index in [-0.39, 0.29) is 17.3 Å². The number of nitrogens with zero attached hydrogens (tertiary/aromatic N) is 2. The summed E-state index contributed by atoms with van der Waals surface area (Å²) in [5.74, 6) is 0.189. The number of thiazole rings is 1. The number of hydrogen-bond donors (Lipinski definition) is 1. The van der Waals surface area contributed by atoms with Crippen molar-refractivity contribution in [2.24, 2.45) is 0 Å². The quantitative estimate of drug-likeness (QED) is 0.355. The van der Waals surface area contributed by atoms with E-state index in [0.29, 0.717) is 6.54 Å². The molecule has 0 aliphatic rings. The summed E-state index contributed by atoms with van der Waals surface area (Å²) in [5.41, 5.74) is 1.02. The molecule has 9 heteroatoms. The Kier molecular flexibility index (Phi) is 6.02. The maximum Gasteiger partial charge on any atom is 0.269 e. The summed E-state index contributed by atoms with van der Waals surface area (Å²) in [6, 6.07) is 10.2. The van der Waals surface area contributed by atoms with E-state index >= 15 is 0 Å². The molecular formula is C17H15N3O3S3. The van der Waals surface area contributed by atoms with Crippen LogP contribution in [0.1, 0.15) is 9.88 Å². The van der Waals surface area contributed by atoms with Gasteiger partial charge in [0.15, 0.2) is 0 Å². The Morgan fingerprint density at radius 2 is 2.04 bits per heavy atom. The van der Waals surface area contributed by atoms with Crippen molar-refractivity contribution < 1.29 is 9.72 Å². The molecule has 2 aromatic heterocycles. The maximum absolute atomic E-state index is 12.0. The second-order valence-corrected chi connectivity index (χ2v) is 8.61. The van der Waals surface area contributed by atoms with Crippen LogP contribution in [0.2, 0.25) is 0 Å². The number of amides is 1. The Morgan fingerprint density at radius 1 is 1.27 bits per heavy atom. The van der Waals surface area contributed by atoms with Gasteiger partial charge in [-0.3, -0.25) is 14.9 Å². The molecule has 0 saturated carbocycles. The average Bonchev–Trinajstić information content (AvgIpc) is 3.27. The Labute approximate surface area is 162 Å². The van der Waals surface area contributed by atoms with Gasteiger partial charge in [0, 0.05) is 27.3 Å². The van der Waals surface area contributed by atoms with Crippen molar-refractivity contribution in [3.63, 3.8) is 0 Å². The van der Waals surface area contributed by atoms with Crippen molar-refractivity contribution in [1.82, 2.24) is 10.3 Å². The lowest BCUT2D eigenvalue weighted by molar-refractivity contribution is -0.384. The number of carbonyl (C=O) groups excluding carboxylic acids is 1. The number of thioether (sulfide) groups is 1. The number of hydrogen-bond acceptors (Lipinski definition) is 7. The maximum atomic E-state index is 12.0. The van der Waals surface area contributed by atoms with E-state index in [1.807, 2.05) is 24.4 Å². The lowest BCUT2D eigenvalue weighted by Crippen LogP contribution is -2.24. The predicted octanol–water partition coefficient (Wildman–Crippen LogP) is 4.50. The topological polar surface area (TPSA) is 85.1 Å². The highest BCUT2D eigenvalue weighted by Crippen LogP contribution is 2.29. The number of nitro groups is 1. The summed E-state index contributed by atoms with van der Waals surface area (Å²) in [5, 5.41) is 16.6. The molecule has 1 aromatic carbocycles. The van der Waals surface area contributed by atoms with Gasteiger partial charge in [0.1, 0.15) is 0 Å². The molecule has 0 unspecified atom stereocenters. The van der Waals surface area contributed by atoms with Gasteiger partial charge in [-0.1, -0.05) is 0 Å². The van der Waals surface area contributed by atoms with Crippen LogP contribution in [-0.4, -0.2) is 21.6 Å². The van der Waals surface area contributed by atoms with Crippen LogP contribution in [0.3, 0.4) is 0 Å². The fourth-order valence-electron chi connectivity index (χ4n) is 2.14. The highest BCUT2D eigenvalue weighted by Gasteiger charge is 2.09. The first-order valence-corrected chi connectivity index (χ1v) is 10.3. The number of aromatic nitrogens is 1. The molecule has 1 amide bonds. The van der Waals surface area contributed by atoms with E-state index in [1.54, 1.807) is 34.8 Å². The van der Waals surface area contributed by atoms with E-state index in [1.165, 1.54) is 23.9 Å². The number of non-ortho nitro benzene ring substituents is 1. The largest absolute Gasteiger partial charge is 0.350 e. The van der Waals surface area contributed by atoms with Crippen molar-refractivity contribution in [2.45, 2.75) is 18.4 Å². The number of carbonyl (C=O) groups is 1. The zero-order valence-electron chi connectivity index (χ0n) is 13.8. The number of nitro benzene ring substituents is 1. The second-order valence-electron chi connectivity index (χ2n) is 5.33. The molecule has 0 aliphatic carbocycles. The minimum Gasteiger partial charge on any atom is -0.350 e. The standard InChI is InChI=1S/C17H15N3O3S3/c1-11-19-15(9-24-11)16-7-6-14(26-16)8-18-17(21)10-25-13-4-2-12(3-5-13)20(22)23/h2-7,9H,8,10H2,1H3,(H,18,21). The molecule has 2 heterocycles. The molecule has 0 radical (unpaired) electrons. The molecule has 26 heavy (non-hydrogen) atoms. The van der Waals surface area contributed by atoms with Crippen LogP contribution in [0, 0.1) is 17.0 Å². The van der Waals surface area contributed by atoms with Gasteiger partial charge >= 0.3 is 0 Å². The van der Waals surface area contributed by atoms with E-state index in [4.69, 9.17) is 0 Å². The van der Waals surface area contributed by atoms with Crippen LogP contribution < -0.4 is 5.32 Å². The Hall–Kier alpha value is -2.23. The van der Waals surface area contributed by atoms with E-state index in [2.05, 4.69) is 10.3 Å². The molecule has 0 bridgehead atoms. The molecule has 3 aromatic rings. The van der Waals surface area contributed by atoms with Gasteiger partial charge in [0.05, 0.1) is 32.8 Å². The van der Waals surface area contributed by atoms with Gasteiger partial charge in [-0.25, -0.2) is 4.98 Å². The Balaban J connectivity index is 1.47. The van der Waals surface area contributed by atoms with Gasteiger partial charge in [0.2, 0.25) is 5.91 Å². The van der Waals surface area contributed by atoms with E-state index in [0.717, 1.165) is 25.4 Å². The van der Waals surface area contributed by atoms with Crippen molar-refractivity contribution >= 4 is 46.0 Å². The summed E-state index contributed by atoms with van der Waals surface area (Å²) in [6.07, 6.45) is 0. The van der Waals surface area contributed by atoms with Crippen LogP contribution in [0.4, 0.5) is 5.69 Å². The van der Waals surface area contributed by atoms with Gasteiger partial charge in [-0.15, -0.1) is 34.4 Å². The molecule has 6 nitrogen and oxygen atoms in total. The number of nitrogens with one attached hydrogen (secondary N) is 1. The smallest absolute Gasteiger partial charge is 0.269 e. The SMILES string of the molecule is Cc1nc(-c2ccc(CNC(=O)CSc3ccc([N+](=O)[O-])cc3)s2)cs1. The second kappa shape index (κ2) is 8.43. The van der Waals surface area contributed by atoms with Crippen molar-refractivity contribution in [1.29, 1.82) is 0 Å². The third kappa shape index (κ3) is 4.90. The van der Waals surface area contributed by atoms with Gasteiger partial charge in [-0.05, 0) is 31.2 Å². The van der Waals surface area contributed by atoms with Crippen LogP contribution in [0.15, 0.2) is 46.7 Å². The van der Waals surface area contributed by atoms with Crippen LogP contribution in [0.25, 0.3) is 10.6 Å². The number of rotatable bonds is 7. The molecule has 1 N–H and O–H groups in total. The Bertz CT molecular complexity index is 919. The highest BCUT2D eigenvalue weighted by atomic mass is 32.2. The summed E-state index contributed by atoms with van der Waals surface area (Å²) >= 11 is 4.59. The first kappa shape index (κ1) is 18.6. The molecule has 0 atom stereocenters. The van der Waals surface area contributed by atoms with E-state index < -0.39 is 4.92 Å². The fraction of sp³-hybridized carbons (Fsp3) is 0.176. The molecule has 0 aliphatic heterocycles. The number of aryl methyl sites for hydroxylation is 1. The van der Waals surface area contributed by atoms with Crippen molar-refractivity contribution in [3.8, 4) is 10.6 Å². The number of thiophene rings is 1. The van der Waals surface area contributed by atoms with Crippen molar-refractivity contribution in [3.05, 3.63) is 61.8 Å². The van der Waals surface area contributed by atoms with Crippen LogP contribution in [0.5, 0.6) is 0 Å². The molecule has 134 valence electrons. The lowest BCUT2D eigenvalue weighted by atomic mass is 10.3.